The number of aryl methyl sites for hydroxylation is 1. The molecule has 0 spiro atoms. The fourth-order valence-corrected chi connectivity index (χ4v) is 2.67. The van der Waals surface area contributed by atoms with Gasteiger partial charge in [-0.05, 0) is 38.1 Å². The minimum atomic E-state index is -0.0789. The third-order valence-electron chi connectivity index (χ3n) is 3.17. The topological polar surface area (TPSA) is 60.1 Å². The molecule has 1 amide bonds. The molecule has 0 radical (unpaired) electrons. The molecular formula is C15H19BrClN3O. The van der Waals surface area contributed by atoms with Crippen molar-refractivity contribution in [3.05, 3.63) is 51.8 Å². The van der Waals surface area contributed by atoms with Gasteiger partial charge in [-0.2, -0.15) is 0 Å². The van der Waals surface area contributed by atoms with Gasteiger partial charge in [-0.1, -0.05) is 22.0 Å². The van der Waals surface area contributed by atoms with Crippen LogP contribution in [0.15, 0.2) is 34.8 Å². The Balaban J connectivity index is 0.00000220. The van der Waals surface area contributed by atoms with E-state index in [1.807, 2.05) is 44.2 Å². The molecule has 1 heterocycles. The van der Waals surface area contributed by atoms with Crippen LogP contribution in [0.5, 0.6) is 0 Å². The average molecular weight is 373 g/mol. The number of nitrogens with zero attached hydrogens (tertiary/aromatic N) is 1. The molecule has 6 heteroatoms. The third-order valence-corrected chi connectivity index (χ3v) is 3.67. The van der Waals surface area contributed by atoms with Crippen LogP contribution in [-0.4, -0.2) is 23.6 Å². The van der Waals surface area contributed by atoms with Crippen molar-refractivity contribution in [1.29, 1.82) is 0 Å². The standard InChI is InChI=1S/C15H18BrN3O.ClH/c1-10-8-14(15(20)18-7-6-17)11(2)19(10)13-5-3-4-12(16)9-13;/h3-5,8-9H,6-7,17H2,1-2H3,(H,18,20);1H. The monoisotopic (exact) mass is 371 g/mol. The number of carbonyl (C=O) groups excluding carboxylic acids is 1. The molecule has 0 aliphatic carbocycles. The predicted molar refractivity (Wildman–Crippen MR) is 91.6 cm³/mol. The van der Waals surface area contributed by atoms with Crippen molar-refractivity contribution in [2.45, 2.75) is 13.8 Å². The van der Waals surface area contributed by atoms with Crippen LogP contribution in [0.4, 0.5) is 0 Å². The smallest absolute Gasteiger partial charge is 0.253 e. The number of nitrogens with two attached hydrogens (primary N) is 1. The summed E-state index contributed by atoms with van der Waals surface area (Å²) in [7, 11) is 0. The average Bonchev–Trinajstić information content (AvgIpc) is 2.71. The third kappa shape index (κ3) is 3.87. The molecule has 4 nitrogen and oxygen atoms in total. The molecule has 0 unspecified atom stereocenters. The first kappa shape index (κ1) is 17.8. The van der Waals surface area contributed by atoms with Crippen molar-refractivity contribution in [2.24, 2.45) is 5.73 Å². The van der Waals surface area contributed by atoms with Gasteiger partial charge < -0.3 is 15.6 Å². The molecular weight excluding hydrogens is 354 g/mol. The number of hydrogen-bond donors (Lipinski definition) is 2. The highest BCUT2D eigenvalue weighted by Crippen LogP contribution is 2.23. The number of hydrogen-bond acceptors (Lipinski definition) is 2. The number of halogens is 2. The molecule has 21 heavy (non-hydrogen) atoms. The first-order valence-corrected chi connectivity index (χ1v) is 7.27. The van der Waals surface area contributed by atoms with E-state index in [0.29, 0.717) is 18.7 Å². The lowest BCUT2D eigenvalue weighted by molar-refractivity contribution is 0.0954. The van der Waals surface area contributed by atoms with Crippen LogP contribution in [0, 0.1) is 13.8 Å². The molecule has 0 saturated heterocycles. The van der Waals surface area contributed by atoms with Gasteiger partial charge >= 0.3 is 0 Å². The van der Waals surface area contributed by atoms with Crippen molar-refractivity contribution in [2.75, 3.05) is 13.1 Å². The molecule has 0 aliphatic heterocycles. The lowest BCUT2D eigenvalue weighted by Crippen LogP contribution is -2.29. The maximum absolute atomic E-state index is 12.1. The highest BCUT2D eigenvalue weighted by Gasteiger charge is 2.16. The Bertz CT molecular complexity index is 640. The van der Waals surface area contributed by atoms with Gasteiger partial charge in [0.1, 0.15) is 0 Å². The first-order chi connectivity index (χ1) is 9.54. The van der Waals surface area contributed by atoms with E-state index < -0.39 is 0 Å². The van der Waals surface area contributed by atoms with E-state index in [-0.39, 0.29) is 18.3 Å². The van der Waals surface area contributed by atoms with Gasteiger partial charge in [0.25, 0.3) is 5.91 Å². The molecule has 1 aromatic carbocycles. The van der Waals surface area contributed by atoms with Crippen LogP contribution >= 0.6 is 28.3 Å². The zero-order chi connectivity index (χ0) is 14.7. The summed E-state index contributed by atoms with van der Waals surface area (Å²) in [6.45, 7) is 4.87. The van der Waals surface area contributed by atoms with E-state index >= 15 is 0 Å². The van der Waals surface area contributed by atoms with E-state index in [1.165, 1.54) is 0 Å². The molecule has 0 bridgehead atoms. The van der Waals surface area contributed by atoms with Crippen molar-refractivity contribution in [3.63, 3.8) is 0 Å². The van der Waals surface area contributed by atoms with Crippen LogP contribution in [0.1, 0.15) is 21.7 Å². The van der Waals surface area contributed by atoms with E-state index in [9.17, 15) is 4.79 Å². The number of benzene rings is 1. The zero-order valence-corrected chi connectivity index (χ0v) is 14.4. The van der Waals surface area contributed by atoms with E-state index in [1.54, 1.807) is 0 Å². The number of rotatable bonds is 4. The summed E-state index contributed by atoms with van der Waals surface area (Å²) < 4.78 is 3.08. The summed E-state index contributed by atoms with van der Waals surface area (Å²) in [6.07, 6.45) is 0. The van der Waals surface area contributed by atoms with Crippen LogP contribution < -0.4 is 11.1 Å². The fraction of sp³-hybridized carbons (Fsp3) is 0.267. The van der Waals surface area contributed by atoms with Crippen molar-refractivity contribution in [3.8, 4) is 5.69 Å². The Morgan fingerprint density at radius 3 is 2.67 bits per heavy atom. The number of carbonyl (C=O) groups is 1. The van der Waals surface area contributed by atoms with Gasteiger partial charge in [-0.15, -0.1) is 12.4 Å². The van der Waals surface area contributed by atoms with Crippen LogP contribution in [-0.2, 0) is 0 Å². The van der Waals surface area contributed by atoms with Gasteiger partial charge in [0.15, 0.2) is 0 Å². The Hall–Kier alpha value is -1.30. The van der Waals surface area contributed by atoms with E-state index in [0.717, 1.165) is 21.5 Å². The van der Waals surface area contributed by atoms with Gasteiger partial charge in [-0.3, -0.25) is 4.79 Å². The molecule has 2 aromatic rings. The van der Waals surface area contributed by atoms with Gasteiger partial charge in [0.2, 0.25) is 0 Å². The SMILES string of the molecule is Cc1cc(C(=O)NCCN)c(C)n1-c1cccc(Br)c1.Cl. The lowest BCUT2D eigenvalue weighted by atomic mass is 10.2. The Morgan fingerprint density at radius 1 is 1.33 bits per heavy atom. The number of amides is 1. The first-order valence-electron chi connectivity index (χ1n) is 6.47. The Labute approximate surface area is 139 Å². The molecule has 114 valence electrons. The molecule has 2 rings (SSSR count). The second-order valence-corrected chi connectivity index (χ2v) is 5.56. The second kappa shape index (κ2) is 7.64. The highest BCUT2D eigenvalue weighted by molar-refractivity contribution is 9.10. The maximum Gasteiger partial charge on any atom is 0.253 e. The van der Waals surface area contributed by atoms with Gasteiger partial charge in [0.05, 0.1) is 5.56 Å². The minimum Gasteiger partial charge on any atom is -0.351 e. The van der Waals surface area contributed by atoms with Gasteiger partial charge in [0, 0.05) is 34.6 Å². The molecule has 0 atom stereocenters. The van der Waals surface area contributed by atoms with Crippen LogP contribution in [0.25, 0.3) is 5.69 Å². The van der Waals surface area contributed by atoms with Gasteiger partial charge in [-0.25, -0.2) is 0 Å². The summed E-state index contributed by atoms with van der Waals surface area (Å²) >= 11 is 3.47. The lowest BCUT2D eigenvalue weighted by Gasteiger charge is -2.10. The highest BCUT2D eigenvalue weighted by atomic mass is 79.9. The molecule has 0 saturated carbocycles. The van der Waals surface area contributed by atoms with Crippen LogP contribution in [0.2, 0.25) is 0 Å². The fourth-order valence-electron chi connectivity index (χ4n) is 2.29. The van der Waals surface area contributed by atoms with Crippen molar-refractivity contribution < 1.29 is 4.79 Å². The van der Waals surface area contributed by atoms with E-state index in [4.69, 9.17) is 5.73 Å². The van der Waals surface area contributed by atoms with Crippen LogP contribution in [0.3, 0.4) is 0 Å². The second-order valence-electron chi connectivity index (χ2n) is 4.64. The Kier molecular flexibility index (Phi) is 6.45. The molecule has 1 aromatic heterocycles. The molecule has 0 aliphatic rings. The molecule has 0 fully saturated rings. The Morgan fingerprint density at radius 2 is 2.05 bits per heavy atom. The normalized spacial score (nSPS) is 10.1. The summed E-state index contributed by atoms with van der Waals surface area (Å²) in [5, 5.41) is 2.81. The predicted octanol–water partition coefficient (Wildman–Crippen LogP) is 2.97. The quantitative estimate of drug-likeness (QED) is 0.867. The largest absolute Gasteiger partial charge is 0.351 e. The summed E-state index contributed by atoms with van der Waals surface area (Å²) in [5.74, 6) is -0.0789. The summed E-state index contributed by atoms with van der Waals surface area (Å²) in [5.41, 5.74) is 9.09. The number of nitrogens with one attached hydrogen (secondary N) is 1. The van der Waals surface area contributed by atoms with E-state index in [2.05, 4.69) is 25.8 Å². The summed E-state index contributed by atoms with van der Waals surface area (Å²) in [6, 6.07) is 9.91. The summed E-state index contributed by atoms with van der Waals surface area (Å²) in [4.78, 5) is 12.1. The van der Waals surface area contributed by atoms with Crippen molar-refractivity contribution >= 4 is 34.2 Å². The van der Waals surface area contributed by atoms with Crippen molar-refractivity contribution in [1.82, 2.24) is 9.88 Å². The minimum absolute atomic E-state index is 0. The zero-order valence-electron chi connectivity index (χ0n) is 12.0. The molecule has 3 N–H and O–H groups in total. The number of aromatic nitrogens is 1. The maximum atomic E-state index is 12.1.